The molecule has 1 fully saturated rings. The second-order valence-corrected chi connectivity index (χ2v) is 5.49. The fraction of sp³-hybridized carbons (Fsp3) is 0.571. The Morgan fingerprint density at radius 2 is 1.76 bits per heavy atom. The van der Waals surface area contributed by atoms with Gasteiger partial charge in [0, 0.05) is 23.1 Å². The smallest absolute Gasteiger partial charge is 0.0406 e. The lowest BCUT2D eigenvalue weighted by Crippen LogP contribution is -2.38. The molecule has 1 aliphatic carbocycles. The van der Waals surface area contributed by atoms with Crippen molar-refractivity contribution in [3.05, 3.63) is 34.9 Å². The van der Waals surface area contributed by atoms with Crippen molar-refractivity contribution >= 4 is 11.6 Å². The van der Waals surface area contributed by atoms with E-state index < -0.39 is 0 Å². The Balaban J connectivity index is 1.88. The monoisotopic (exact) mass is 252 g/mol. The molecule has 1 saturated carbocycles. The maximum atomic E-state index is 5.91. The van der Waals surface area contributed by atoms with E-state index in [4.69, 9.17) is 17.3 Å². The summed E-state index contributed by atoms with van der Waals surface area (Å²) in [5, 5.41) is 4.47. The quantitative estimate of drug-likeness (QED) is 0.867. The molecule has 1 aromatic rings. The minimum atomic E-state index is 0.381. The molecule has 1 atom stereocenters. The first-order chi connectivity index (χ1) is 8.15. The van der Waals surface area contributed by atoms with E-state index in [0.29, 0.717) is 18.1 Å². The average Bonchev–Trinajstić information content (AvgIpc) is 2.33. The van der Waals surface area contributed by atoms with Crippen molar-refractivity contribution < 1.29 is 0 Å². The van der Waals surface area contributed by atoms with Gasteiger partial charge in [0.25, 0.3) is 0 Å². The van der Waals surface area contributed by atoms with Crippen LogP contribution in [-0.4, -0.2) is 12.1 Å². The molecule has 0 spiro atoms. The number of hydrogen-bond donors (Lipinski definition) is 2. The van der Waals surface area contributed by atoms with E-state index >= 15 is 0 Å². The zero-order chi connectivity index (χ0) is 12.3. The van der Waals surface area contributed by atoms with E-state index in [9.17, 15) is 0 Å². The molecule has 0 bridgehead atoms. The van der Waals surface area contributed by atoms with Gasteiger partial charge in [-0.25, -0.2) is 0 Å². The Morgan fingerprint density at radius 1 is 1.18 bits per heavy atom. The third-order valence-corrected chi connectivity index (χ3v) is 3.88. The van der Waals surface area contributed by atoms with Crippen molar-refractivity contribution in [2.24, 2.45) is 5.73 Å². The van der Waals surface area contributed by atoms with E-state index in [0.717, 1.165) is 17.9 Å². The Hall–Kier alpha value is -0.570. The number of benzene rings is 1. The third kappa shape index (κ3) is 3.70. The van der Waals surface area contributed by atoms with Gasteiger partial charge in [0.15, 0.2) is 0 Å². The SMILES string of the molecule is C[C@@H](NC1CCC(N)CC1)c1ccc(Cl)cc1. The molecule has 94 valence electrons. The van der Waals surface area contributed by atoms with Crippen LogP contribution < -0.4 is 11.1 Å². The van der Waals surface area contributed by atoms with Crippen molar-refractivity contribution in [2.45, 2.75) is 50.7 Å². The minimum absolute atomic E-state index is 0.381. The molecule has 0 radical (unpaired) electrons. The van der Waals surface area contributed by atoms with Crippen molar-refractivity contribution in [3.63, 3.8) is 0 Å². The topological polar surface area (TPSA) is 38.0 Å². The highest BCUT2D eigenvalue weighted by molar-refractivity contribution is 6.30. The number of nitrogens with two attached hydrogens (primary N) is 1. The summed E-state index contributed by atoms with van der Waals surface area (Å²) in [4.78, 5) is 0. The van der Waals surface area contributed by atoms with Gasteiger partial charge < -0.3 is 11.1 Å². The molecular weight excluding hydrogens is 232 g/mol. The van der Waals surface area contributed by atoms with E-state index in [1.807, 2.05) is 12.1 Å². The van der Waals surface area contributed by atoms with Crippen LogP contribution in [0.25, 0.3) is 0 Å². The Morgan fingerprint density at radius 3 is 2.35 bits per heavy atom. The predicted molar refractivity (Wildman–Crippen MR) is 73.2 cm³/mol. The molecule has 0 aliphatic heterocycles. The fourth-order valence-electron chi connectivity index (χ4n) is 2.49. The molecule has 2 nitrogen and oxygen atoms in total. The van der Waals surface area contributed by atoms with Gasteiger partial charge in [-0.05, 0) is 50.3 Å². The fourth-order valence-corrected chi connectivity index (χ4v) is 2.61. The minimum Gasteiger partial charge on any atom is -0.328 e. The molecule has 3 heteroatoms. The Labute approximate surface area is 109 Å². The Bertz CT molecular complexity index is 342. The number of halogens is 1. The number of hydrogen-bond acceptors (Lipinski definition) is 2. The predicted octanol–water partition coefficient (Wildman–Crippen LogP) is 3.26. The lowest BCUT2D eigenvalue weighted by molar-refractivity contribution is 0.322. The van der Waals surface area contributed by atoms with E-state index in [-0.39, 0.29) is 0 Å². The first kappa shape index (κ1) is 12.9. The third-order valence-electron chi connectivity index (χ3n) is 3.63. The first-order valence-corrected chi connectivity index (χ1v) is 6.80. The molecular formula is C14H21ClN2. The molecule has 0 unspecified atom stereocenters. The summed E-state index contributed by atoms with van der Waals surface area (Å²) in [7, 11) is 0. The van der Waals surface area contributed by atoms with Crippen LogP contribution in [0.1, 0.15) is 44.2 Å². The standard InChI is InChI=1S/C14H21ClN2/c1-10(11-2-4-12(15)5-3-11)17-14-8-6-13(16)7-9-14/h2-5,10,13-14,17H,6-9,16H2,1H3/t10-,13?,14?/m1/s1. The highest BCUT2D eigenvalue weighted by Crippen LogP contribution is 2.22. The summed E-state index contributed by atoms with van der Waals surface area (Å²) in [6, 6.07) is 9.49. The van der Waals surface area contributed by atoms with Crippen molar-refractivity contribution in [3.8, 4) is 0 Å². The van der Waals surface area contributed by atoms with Crippen LogP contribution in [0.3, 0.4) is 0 Å². The van der Waals surface area contributed by atoms with E-state index in [1.54, 1.807) is 0 Å². The van der Waals surface area contributed by atoms with Crippen molar-refractivity contribution in [1.82, 2.24) is 5.32 Å². The van der Waals surface area contributed by atoms with Crippen LogP contribution >= 0.6 is 11.6 Å². The summed E-state index contributed by atoms with van der Waals surface area (Å²) < 4.78 is 0. The highest BCUT2D eigenvalue weighted by Gasteiger charge is 2.20. The maximum absolute atomic E-state index is 5.91. The summed E-state index contributed by atoms with van der Waals surface area (Å²) in [5.74, 6) is 0. The van der Waals surface area contributed by atoms with Gasteiger partial charge in [0.2, 0.25) is 0 Å². The second-order valence-electron chi connectivity index (χ2n) is 5.05. The molecule has 17 heavy (non-hydrogen) atoms. The zero-order valence-corrected chi connectivity index (χ0v) is 11.1. The molecule has 0 saturated heterocycles. The van der Waals surface area contributed by atoms with Gasteiger partial charge in [-0.15, -0.1) is 0 Å². The molecule has 3 N–H and O–H groups in total. The normalized spacial score (nSPS) is 26.8. The molecule has 1 aliphatic rings. The van der Waals surface area contributed by atoms with Crippen molar-refractivity contribution in [1.29, 1.82) is 0 Å². The number of rotatable bonds is 3. The van der Waals surface area contributed by atoms with Crippen LogP contribution in [0.4, 0.5) is 0 Å². The van der Waals surface area contributed by atoms with Crippen LogP contribution in [0.5, 0.6) is 0 Å². The van der Waals surface area contributed by atoms with Crippen LogP contribution in [0.2, 0.25) is 5.02 Å². The molecule has 0 amide bonds. The summed E-state index contributed by atoms with van der Waals surface area (Å²) in [5.41, 5.74) is 7.21. The maximum Gasteiger partial charge on any atom is 0.0406 e. The van der Waals surface area contributed by atoms with Gasteiger partial charge >= 0.3 is 0 Å². The van der Waals surface area contributed by atoms with Gasteiger partial charge in [-0.2, -0.15) is 0 Å². The van der Waals surface area contributed by atoms with Gasteiger partial charge in [-0.1, -0.05) is 23.7 Å². The lowest BCUT2D eigenvalue weighted by Gasteiger charge is -2.29. The molecule has 0 aromatic heterocycles. The summed E-state index contributed by atoms with van der Waals surface area (Å²) >= 11 is 5.89. The van der Waals surface area contributed by atoms with E-state index in [2.05, 4.69) is 24.4 Å². The molecule has 0 heterocycles. The Kier molecular flexibility index (Phi) is 4.43. The van der Waals surface area contributed by atoms with Gasteiger partial charge in [-0.3, -0.25) is 0 Å². The second kappa shape index (κ2) is 5.85. The first-order valence-electron chi connectivity index (χ1n) is 6.42. The van der Waals surface area contributed by atoms with Crippen LogP contribution in [0, 0.1) is 0 Å². The molecule has 2 rings (SSSR count). The highest BCUT2D eigenvalue weighted by atomic mass is 35.5. The zero-order valence-electron chi connectivity index (χ0n) is 10.3. The van der Waals surface area contributed by atoms with Crippen LogP contribution in [0.15, 0.2) is 24.3 Å². The van der Waals surface area contributed by atoms with E-state index in [1.165, 1.54) is 18.4 Å². The summed E-state index contributed by atoms with van der Waals surface area (Å²) in [6.07, 6.45) is 4.67. The van der Waals surface area contributed by atoms with Crippen molar-refractivity contribution in [2.75, 3.05) is 0 Å². The summed E-state index contributed by atoms with van der Waals surface area (Å²) in [6.45, 7) is 2.21. The lowest BCUT2D eigenvalue weighted by atomic mass is 9.91. The molecule has 1 aromatic carbocycles. The largest absolute Gasteiger partial charge is 0.328 e. The van der Waals surface area contributed by atoms with Crippen LogP contribution in [-0.2, 0) is 0 Å². The average molecular weight is 253 g/mol. The van der Waals surface area contributed by atoms with Gasteiger partial charge in [0.05, 0.1) is 0 Å². The van der Waals surface area contributed by atoms with Gasteiger partial charge in [0.1, 0.15) is 0 Å². The number of nitrogens with one attached hydrogen (secondary N) is 1.